The van der Waals surface area contributed by atoms with Gasteiger partial charge in [-0.2, -0.15) is 0 Å². The van der Waals surface area contributed by atoms with E-state index >= 15 is 0 Å². The number of rotatable bonds is 5. The summed E-state index contributed by atoms with van der Waals surface area (Å²) < 4.78 is 6.48. The molecular weight excluding hydrogens is 350 g/mol. The molecular formula is C16H20BrNO4. The van der Waals surface area contributed by atoms with Gasteiger partial charge >= 0.3 is 5.97 Å². The topological polar surface area (TPSA) is 75.6 Å². The average molecular weight is 370 g/mol. The first kappa shape index (κ1) is 16.8. The van der Waals surface area contributed by atoms with Gasteiger partial charge in [-0.25, -0.2) is 0 Å². The summed E-state index contributed by atoms with van der Waals surface area (Å²) in [5.74, 6) is -0.746. The largest absolute Gasteiger partial charge is 0.481 e. The summed E-state index contributed by atoms with van der Waals surface area (Å²) in [5, 5.41) is 11.9. The number of aliphatic carboxylic acids is 1. The van der Waals surface area contributed by atoms with E-state index in [9.17, 15) is 9.59 Å². The Hall–Kier alpha value is -1.56. The molecule has 1 aromatic rings. The molecule has 1 unspecified atom stereocenters. The fourth-order valence-corrected chi connectivity index (χ4v) is 3.19. The van der Waals surface area contributed by atoms with Crippen LogP contribution in [-0.2, 0) is 9.59 Å². The Bertz CT molecular complexity index is 575. The van der Waals surface area contributed by atoms with E-state index in [0.717, 1.165) is 10.0 Å². The Morgan fingerprint density at radius 2 is 2.14 bits per heavy atom. The van der Waals surface area contributed by atoms with Crippen LogP contribution >= 0.6 is 15.9 Å². The number of halogens is 1. The van der Waals surface area contributed by atoms with Crippen LogP contribution < -0.4 is 10.1 Å². The third-order valence-corrected chi connectivity index (χ3v) is 4.51. The number of aryl methyl sites for hydroxylation is 1. The van der Waals surface area contributed by atoms with Crippen LogP contribution in [0.4, 0.5) is 0 Å². The summed E-state index contributed by atoms with van der Waals surface area (Å²) in [6, 6.07) is 5.58. The molecule has 22 heavy (non-hydrogen) atoms. The second-order valence-corrected chi connectivity index (χ2v) is 6.60. The zero-order valence-electron chi connectivity index (χ0n) is 12.6. The fourth-order valence-electron chi connectivity index (χ4n) is 2.60. The minimum absolute atomic E-state index is 0.0823. The van der Waals surface area contributed by atoms with Gasteiger partial charge in [0.2, 0.25) is 0 Å². The number of carboxylic acids is 1. The molecule has 1 aliphatic carbocycles. The lowest BCUT2D eigenvalue weighted by Crippen LogP contribution is -2.41. The van der Waals surface area contributed by atoms with Crippen molar-refractivity contribution in [1.82, 2.24) is 5.32 Å². The van der Waals surface area contributed by atoms with Crippen molar-refractivity contribution in [2.75, 3.05) is 0 Å². The van der Waals surface area contributed by atoms with E-state index in [2.05, 4.69) is 21.2 Å². The number of ether oxygens (including phenoxy) is 1. The summed E-state index contributed by atoms with van der Waals surface area (Å²) in [7, 11) is 0. The van der Waals surface area contributed by atoms with Gasteiger partial charge in [0.1, 0.15) is 5.75 Å². The van der Waals surface area contributed by atoms with Gasteiger partial charge in [-0.1, -0.05) is 6.07 Å². The van der Waals surface area contributed by atoms with Crippen molar-refractivity contribution in [1.29, 1.82) is 0 Å². The second-order valence-electron chi connectivity index (χ2n) is 5.75. The Balaban J connectivity index is 1.88. The molecule has 2 rings (SSSR count). The molecule has 1 amide bonds. The van der Waals surface area contributed by atoms with Crippen molar-refractivity contribution in [3.63, 3.8) is 0 Å². The summed E-state index contributed by atoms with van der Waals surface area (Å²) in [6.45, 7) is 3.66. The molecule has 120 valence electrons. The second kappa shape index (κ2) is 7.13. The Morgan fingerprint density at radius 3 is 2.73 bits per heavy atom. The molecule has 0 heterocycles. The maximum Gasteiger partial charge on any atom is 0.306 e. The first-order valence-electron chi connectivity index (χ1n) is 7.33. The van der Waals surface area contributed by atoms with Gasteiger partial charge in [-0.15, -0.1) is 0 Å². The predicted octanol–water partition coefficient (Wildman–Crippen LogP) is 2.89. The highest BCUT2D eigenvalue weighted by Crippen LogP contribution is 2.28. The molecule has 0 radical (unpaired) electrons. The van der Waals surface area contributed by atoms with Gasteiger partial charge in [0, 0.05) is 6.04 Å². The number of hydrogen-bond donors (Lipinski definition) is 2. The molecule has 0 bridgehead atoms. The first-order chi connectivity index (χ1) is 10.4. The summed E-state index contributed by atoms with van der Waals surface area (Å²) in [6.07, 6.45) is 1.16. The number of carboxylic acid groups (broad SMARTS) is 1. The summed E-state index contributed by atoms with van der Waals surface area (Å²) >= 11 is 3.41. The zero-order valence-corrected chi connectivity index (χ0v) is 14.2. The van der Waals surface area contributed by atoms with Crippen molar-refractivity contribution in [2.24, 2.45) is 5.92 Å². The van der Waals surface area contributed by atoms with Crippen LogP contribution in [0.1, 0.15) is 31.7 Å². The lowest BCUT2D eigenvalue weighted by atomic mass is 10.1. The van der Waals surface area contributed by atoms with Crippen LogP contribution in [-0.4, -0.2) is 29.1 Å². The number of carbonyl (C=O) groups excluding carboxylic acids is 1. The zero-order chi connectivity index (χ0) is 16.3. The van der Waals surface area contributed by atoms with Crippen LogP contribution in [0.2, 0.25) is 0 Å². The van der Waals surface area contributed by atoms with E-state index in [1.54, 1.807) is 6.92 Å². The van der Waals surface area contributed by atoms with E-state index in [-0.39, 0.29) is 17.9 Å². The molecule has 1 fully saturated rings. The van der Waals surface area contributed by atoms with Crippen molar-refractivity contribution >= 4 is 27.8 Å². The standard InChI is InChI=1S/C16H20BrNO4/c1-9-3-6-14(13(17)7-9)22-10(2)15(19)18-12-5-4-11(8-12)16(20)21/h3,6-7,10-12H,4-5,8H2,1-2H3,(H,18,19)(H,20,21)/t10?,11-,12+/m1/s1. The van der Waals surface area contributed by atoms with Crippen LogP contribution in [0.5, 0.6) is 5.75 Å². The Kier molecular flexibility index (Phi) is 5.45. The highest BCUT2D eigenvalue weighted by molar-refractivity contribution is 9.10. The Morgan fingerprint density at radius 1 is 1.41 bits per heavy atom. The summed E-state index contributed by atoms with van der Waals surface area (Å²) in [5.41, 5.74) is 1.10. The molecule has 1 aliphatic rings. The quantitative estimate of drug-likeness (QED) is 0.836. The summed E-state index contributed by atoms with van der Waals surface area (Å²) in [4.78, 5) is 23.1. The smallest absolute Gasteiger partial charge is 0.306 e. The monoisotopic (exact) mass is 369 g/mol. The van der Waals surface area contributed by atoms with E-state index in [1.807, 2.05) is 25.1 Å². The van der Waals surface area contributed by atoms with Gasteiger partial charge < -0.3 is 15.2 Å². The molecule has 0 aliphatic heterocycles. The maximum atomic E-state index is 12.2. The highest BCUT2D eigenvalue weighted by atomic mass is 79.9. The SMILES string of the molecule is Cc1ccc(OC(C)C(=O)N[C@H]2CC[C@@H](C(=O)O)C2)c(Br)c1. The van der Waals surface area contributed by atoms with E-state index in [1.165, 1.54) is 0 Å². The number of nitrogens with one attached hydrogen (secondary N) is 1. The van der Waals surface area contributed by atoms with Gasteiger partial charge in [-0.3, -0.25) is 9.59 Å². The predicted molar refractivity (Wildman–Crippen MR) is 85.9 cm³/mol. The van der Waals surface area contributed by atoms with Crippen LogP contribution in [0, 0.1) is 12.8 Å². The van der Waals surface area contributed by atoms with E-state index in [4.69, 9.17) is 9.84 Å². The first-order valence-corrected chi connectivity index (χ1v) is 8.12. The lowest BCUT2D eigenvalue weighted by molar-refractivity contribution is -0.141. The van der Waals surface area contributed by atoms with Crippen molar-refractivity contribution in [3.8, 4) is 5.75 Å². The third kappa shape index (κ3) is 4.22. The minimum atomic E-state index is -0.787. The molecule has 3 atom stereocenters. The molecule has 0 saturated heterocycles. The van der Waals surface area contributed by atoms with E-state index in [0.29, 0.717) is 25.0 Å². The van der Waals surface area contributed by atoms with Gasteiger partial charge in [-0.05, 0) is 66.7 Å². The molecule has 5 nitrogen and oxygen atoms in total. The van der Waals surface area contributed by atoms with Crippen LogP contribution in [0.15, 0.2) is 22.7 Å². The van der Waals surface area contributed by atoms with Crippen molar-refractivity contribution < 1.29 is 19.4 Å². The van der Waals surface area contributed by atoms with E-state index < -0.39 is 12.1 Å². The van der Waals surface area contributed by atoms with Gasteiger partial charge in [0.15, 0.2) is 6.10 Å². The molecule has 1 aromatic carbocycles. The Labute approximate surface area is 138 Å². The van der Waals surface area contributed by atoms with Gasteiger partial charge in [0.25, 0.3) is 5.91 Å². The molecule has 2 N–H and O–H groups in total. The van der Waals surface area contributed by atoms with Crippen molar-refractivity contribution in [3.05, 3.63) is 28.2 Å². The average Bonchev–Trinajstić information content (AvgIpc) is 2.90. The molecule has 1 saturated carbocycles. The molecule has 0 spiro atoms. The normalized spacial score (nSPS) is 22.1. The third-order valence-electron chi connectivity index (χ3n) is 3.89. The van der Waals surface area contributed by atoms with Gasteiger partial charge in [0.05, 0.1) is 10.4 Å². The molecule has 6 heteroatoms. The maximum absolute atomic E-state index is 12.2. The number of amides is 1. The number of benzene rings is 1. The lowest BCUT2D eigenvalue weighted by Gasteiger charge is -2.19. The minimum Gasteiger partial charge on any atom is -0.481 e. The highest BCUT2D eigenvalue weighted by Gasteiger charge is 2.31. The number of hydrogen-bond acceptors (Lipinski definition) is 3. The van der Waals surface area contributed by atoms with Crippen molar-refractivity contribution in [2.45, 2.75) is 45.3 Å². The number of carbonyl (C=O) groups is 2. The molecule has 0 aromatic heterocycles. The van der Waals surface area contributed by atoms with Crippen LogP contribution in [0.3, 0.4) is 0 Å². The fraction of sp³-hybridized carbons (Fsp3) is 0.500. The van der Waals surface area contributed by atoms with Crippen LogP contribution in [0.25, 0.3) is 0 Å².